The number of methoxy groups -OCH3 is 1. The Kier molecular flexibility index (Phi) is 7.02. The van der Waals surface area contributed by atoms with Crippen molar-refractivity contribution in [3.8, 4) is 12.1 Å². The number of piperazine rings is 1. The van der Waals surface area contributed by atoms with Gasteiger partial charge in [-0.2, -0.15) is 15.2 Å². The zero-order chi connectivity index (χ0) is 27.9. The molecule has 1 N–H and O–H groups in total. The summed E-state index contributed by atoms with van der Waals surface area (Å²) < 4.78 is 19.1. The van der Waals surface area contributed by atoms with Crippen LogP contribution in [0.2, 0.25) is 0 Å². The maximum absolute atomic E-state index is 14.0. The largest absolute Gasteiger partial charge is 0.467 e. The molecule has 1 aliphatic carbocycles. The van der Waals surface area contributed by atoms with E-state index in [9.17, 15) is 19.2 Å². The summed E-state index contributed by atoms with van der Waals surface area (Å²) in [5, 5.41) is 12.5. The van der Waals surface area contributed by atoms with Gasteiger partial charge in [0.15, 0.2) is 11.6 Å². The molecular weight excluding hydrogens is 499 g/mol. The van der Waals surface area contributed by atoms with Gasteiger partial charge in [0, 0.05) is 26.1 Å². The van der Waals surface area contributed by atoms with E-state index in [2.05, 4.69) is 53.9 Å². The van der Waals surface area contributed by atoms with Crippen LogP contribution in [-0.4, -0.2) is 59.5 Å². The summed E-state index contributed by atoms with van der Waals surface area (Å²) in [7, 11) is 1.50. The number of nitrogens with one attached hydrogen (secondary N) is 1. The second-order valence-corrected chi connectivity index (χ2v) is 10.6. The first-order valence-corrected chi connectivity index (χ1v) is 13.4. The summed E-state index contributed by atoms with van der Waals surface area (Å²) in [6.45, 7) is 8.09. The molecular formula is C29H33FN6O3. The number of amides is 2. The molecule has 9 nitrogen and oxygen atoms in total. The summed E-state index contributed by atoms with van der Waals surface area (Å²) in [6, 6.07) is 6.07. The normalized spacial score (nSPS) is 22.0. The summed E-state index contributed by atoms with van der Waals surface area (Å²) in [4.78, 5) is 38.9. The van der Waals surface area contributed by atoms with Gasteiger partial charge in [0.05, 0.1) is 36.8 Å². The Morgan fingerprint density at radius 2 is 2.15 bits per heavy atom. The van der Waals surface area contributed by atoms with Gasteiger partial charge in [0.2, 0.25) is 5.91 Å². The molecule has 1 saturated heterocycles. The first kappa shape index (κ1) is 26.6. The molecule has 10 heteroatoms. The molecule has 0 radical (unpaired) electrons. The lowest BCUT2D eigenvalue weighted by Crippen LogP contribution is -2.56. The number of benzene rings is 1. The Morgan fingerprint density at radius 1 is 1.36 bits per heavy atom. The minimum atomic E-state index is -1.06. The summed E-state index contributed by atoms with van der Waals surface area (Å²) in [5.74, 6) is -1.47. The number of ether oxygens (including phenoxy) is 1. The number of anilines is 2. The third kappa shape index (κ3) is 4.50. The monoisotopic (exact) mass is 532 g/mol. The predicted octanol–water partition coefficient (Wildman–Crippen LogP) is 3.54. The quantitative estimate of drug-likeness (QED) is 0.587. The zero-order valence-electron chi connectivity index (χ0n) is 22.6. The van der Waals surface area contributed by atoms with Crippen LogP contribution >= 0.6 is 0 Å². The van der Waals surface area contributed by atoms with Crippen molar-refractivity contribution in [3.63, 3.8) is 0 Å². The van der Waals surface area contributed by atoms with Crippen LogP contribution in [0.25, 0.3) is 0 Å². The van der Waals surface area contributed by atoms with Gasteiger partial charge in [-0.1, -0.05) is 31.2 Å². The van der Waals surface area contributed by atoms with Gasteiger partial charge in [-0.15, -0.1) is 0 Å². The Bertz CT molecular complexity index is 1400. The van der Waals surface area contributed by atoms with Crippen LogP contribution in [-0.2, 0) is 34.3 Å². The van der Waals surface area contributed by atoms with Gasteiger partial charge >= 0.3 is 6.01 Å². The van der Waals surface area contributed by atoms with Gasteiger partial charge in [0.1, 0.15) is 5.69 Å². The van der Waals surface area contributed by atoms with Crippen molar-refractivity contribution in [2.75, 3.05) is 37.0 Å². The van der Waals surface area contributed by atoms with Crippen molar-refractivity contribution in [1.82, 2.24) is 14.9 Å². The third-order valence-electron chi connectivity index (χ3n) is 8.28. The van der Waals surface area contributed by atoms with E-state index >= 15 is 0 Å². The summed E-state index contributed by atoms with van der Waals surface area (Å²) in [6.07, 6.45) is 3.93. The van der Waals surface area contributed by atoms with Gasteiger partial charge in [-0.3, -0.25) is 9.59 Å². The molecule has 2 aliphatic heterocycles. The van der Waals surface area contributed by atoms with E-state index in [-0.39, 0.29) is 31.4 Å². The Labute approximate surface area is 227 Å². The van der Waals surface area contributed by atoms with E-state index in [0.717, 1.165) is 36.8 Å². The summed E-state index contributed by atoms with van der Waals surface area (Å²) >= 11 is 0. The molecule has 204 valence electrons. The number of rotatable bonds is 5. The molecule has 39 heavy (non-hydrogen) atoms. The highest BCUT2D eigenvalue weighted by Crippen LogP contribution is 2.47. The number of carbonyl (C=O) groups excluding carboxylic acids is 2. The second kappa shape index (κ2) is 10.3. The standard InChI is InChI=1S/C29H33FN6O3/c1-5-19-13-17(2)14-22-21(19)7-6-9-29(22)15-23-24(33-27(29)38)25(34-28(32-23)39-4)35-11-12-36(26(37)18(3)30)20(16-35)8-10-31/h13-14,20H,3,5-9,11-12,15-16H2,1-2,4H3,(H,33,38). The molecule has 5 rings (SSSR count). The molecule has 3 aliphatic rings. The molecule has 0 saturated carbocycles. The number of fused-ring (bicyclic) bond motifs is 3. The number of nitriles is 1. The van der Waals surface area contributed by atoms with Crippen LogP contribution in [0.5, 0.6) is 6.01 Å². The van der Waals surface area contributed by atoms with E-state index in [0.29, 0.717) is 30.2 Å². The number of carbonyl (C=O) groups is 2. The Hall–Kier alpha value is -4.00. The molecule has 2 atom stereocenters. The van der Waals surface area contributed by atoms with Crippen LogP contribution in [0.4, 0.5) is 15.9 Å². The highest BCUT2D eigenvalue weighted by atomic mass is 19.1. The number of hydrogen-bond donors (Lipinski definition) is 1. The van der Waals surface area contributed by atoms with Gasteiger partial charge in [0.25, 0.3) is 5.91 Å². The highest BCUT2D eigenvalue weighted by molar-refractivity contribution is 6.04. The van der Waals surface area contributed by atoms with Crippen molar-refractivity contribution >= 4 is 23.3 Å². The first-order valence-electron chi connectivity index (χ1n) is 13.4. The van der Waals surface area contributed by atoms with E-state index in [1.54, 1.807) is 0 Å². The minimum Gasteiger partial charge on any atom is -0.467 e. The van der Waals surface area contributed by atoms with Crippen molar-refractivity contribution in [1.29, 1.82) is 5.26 Å². The molecule has 2 aromatic rings. The van der Waals surface area contributed by atoms with E-state index in [4.69, 9.17) is 4.74 Å². The van der Waals surface area contributed by atoms with Gasteiger partial charge < -0.3 is 19.9 Å². The van der Waals surface area contributed by atoms with Crippen LogP contribution < -0.4 is 15.0 Å². The van der Waals surface area contributed by atoms with E-state index < -0.39 is 23.2 Å². The molecule has 1 aromatic heterocycles. The van der Waals surface area contributed by atoms with Gasteiger partial charge in [-0.05, 0) is 49.3 Å². The molecule has 0 bridgehead atoms. The van der Waals surface area contributed by atoms with Crippen molar-refractivity contribution < 1.29 is 18.7 Å². The van der Waals surface area contributed by atoms with Crippen molar-refractivity contribution in [2.45, 2.75) is 63.8 Å². The molecule has 2 unspecified atom stereocenters. The Morgan fingerprint density at radius 3 is 2.85 bits per heavy atom. The lowest BCUT2D eigenvalue weighted by Gasteiger charge is -2.44. The molecule has 3 heterocycles. The van der Waals surface area contributed by atoms with Crippen molar-refractivity contribution in [2.24, 2.45) is 0 Å². The fourth-order valence-corrected chi connectivity index (χ4v) is 6.45. The van der Waals surface area contributed by atoms with E-state index in [1.165, 1.54) is 23.1 Å². The van der Waals surface area contributed by atoms with E-state index in [1.807, 2.05) is 4.90 Å². The predicted molar refractivity (Wildman–Crippen MR) is 144 cm³/mol. The fourth-order valence-electron chi connectivity index (χ4n) is 6.45. The maximum atomic E-state index is 14.0. The smallest absolute Gasteiger partial charge is 0.318 e. The number of aromatic nitrogens is 2. The SMILES string of the molecule is C=C(F)C(=O)N1CCN(c2nc(OC)nc3c2NC(=O)C2(CCCc4c(CC)cc(C)cc42)C3)CC1CC#N. The number of nitrogens with zero attached hydrogens (tertiary/aromatic N) is 5. The molecule has 2 amide bonds. The van der Waals surface area contributed by atoms with Crippen LogP contribution in [0, 0.1) is 18.3 Å². The molecule has 1 fully saturated rings. The number of halogens is 1. The molecule has 1 aromatic carbocycles. The van der Waals surface area contributed by atoms with Gasteiger partial charge in [-0.25, -0.2) is 4.39 Å². The lowest BCUT2D eigenvalue weighted by molar-refractivity contribution is -0.131. The average molecular weight is 533 g/mol. The first-order chi connectivity index (χ1) is 18.7. The van der Waals surface area contributed by atoms with Crippen molar-refractivity contribution in [3.05, 3.63) is 52.5 Å². The number of hydrogen-bond acceptors (Lipinski definition) is 7. The maximum Gasteiger partial charge on any atom is 0.318 e. The van der Waals surface area contributed by atoms with Crippen LogP contribution in [0.15, 0.2) is 24.5 Å². The highest BCUT2D eigenvalue weighted by Gasteiger charge is 2.49. The minimum absolute atomic E-state index is 0.0191. The zero-order valence-corrected chi connectivity index (χ0v) is 22.6. The molecule has 1 spiro atoms. The number of aryl methyl sites for hydroxylation is 2. The van der Waals surface area contributed by atoms with Crippen LogP contribution in [0.3, 0.4) is 0 Å². The Balaban J connectivity index is 1.55. The lowest BCUT2D eigenvalue weighted by atomic mass is 9.64. The fraction of sp³-hybridized carbons (Fsp3) is 0.483. The third-order valence-corrected chi connectivity index (χ3v) is 8.28. The van der Waals surface area contributed by atoms with Crippen LogP contribution in [0.1, 0.15) is 54.1 Å². The topological polar surface area (TPSA) is 111 Å². The average Bonchev–Trinajstić information content (AvgIpc) is 2.93. The second-order valence-electron chi connectivity index (χ2n) is 10.6. The summed E-state index contributed by atoms with van der Waals surface area (Å²) in [5.41, 5.74) is 5.25.